The van der Waals surface area contributed by atoms with Crippen LogP contribution in [0.4, 0.5) is 0 Å². The van der Waals surface area contributed by atoms with E-state index in [9.17, 15) is 4.79 Å². The number of benzene rings is 1. The highest BCUT2D eigenvalue weighted by atomic mass is 32.2. The maximum atomic E-state index is 13.2. The molecular formula is C21H25N5OS. The minimum Gasteiger partial charge on any atom is -0.342 e. The quantitative estimate of drug-likeness (QED) is 0.538. The molecule has 1 amide bonds. The number of hydrogen-bond donors (Lipinski definition) is 0. The van der Waals surface area contributed by atoms with Gasteiger partial charge in [-0.2, -0.15) is 0 Å². The van der Waals surface area contributed by atoms with E-state index in [0.717, 1.165) is 22.1 Å². The molecule has 0 aliphatic carbocycles. The van der Waals surface area contributed by atoms with Gasteiger partial charge in [-0.1, -0.05) is 42.1 Å². The Kier molecular flexibility index (Phi) is 6.81. The van der Waals surface area contributed by atoms with Gasteiger partial charge in [0.15, 0.2) is 11.0 Å². The molecule has 1 aromatic carbocycles. The smallest absolute Gasteiger partial charge is 0.240 e. The van der Waals surface area contributed by atoms with Gasteiger partial charge in [-0.15, -0.1) is 10.2 Å². The fraction of sp³-hybridized carbons (Fsp3) is 0.333. The van der Waals surface area contributed by atoms with E-state index >= 15 is 0 Å². The van der Waals surface area contributed by atoms with E-state index in [-0.39, 0.29) is 11.2 Å². The molecule has 1 unspecified atom stereocenters. The Morgan fingerprint density at radius 3 is 2.32 bits per heavy atom. The highest BCUT2D eigenvalue weighted by Crippen LogP contribution is 2.37. The second kappa shape index (κ2) is 9.50. The van der Waals surface area contributed by atoms with Gasteiger partial charge in [-0.05, 0) is 38.5 Å². The van der Waals surface area contributed by atoms with Crippen molar-refractivity contribution in [1.82, 2.24) is 24.6 Å². The van der Waals surface area contributed by atoms with Gasteiger partial charge in [0.1, 0.15) is 5.25 Å². The summed E-state index contributed by atoms with van der Waals surface area (Å²) in [6.45, 7) is 8.15. The Balaban J connectivity index is 1.97. The van der Waals surface area contributed by atoms with Crippen LogP contribution in [-0.2, 0) is 11.3 Å². The maximum absolute atomic E-state index is 13.2. The van der Waals surface area contributed by atoms with Gasteiger partial charge < -0.3 is 9.47 Å². The predicted octanol–water partition coefficient (Wildman–Crippen LogP) is 4.06. The summed E-state index contributed by atoms with van der Waals surface area (Å²) in [4.78, 5) is 19.2. The van der Waals surface area contributed by atoms with Gasteiger partial charge in [0.25, 0.3) is 0 Å². The minimum absolute atomic E-state index is 0.0947. The van der Waals surface area contributed by atoms with E-state index < -0.39 is 0 Å². The maximum Gasteiger partial charge on any atom is 0.240 e. The lowest BCUT2D eigenvalue weighted by Crippen LogP contribution is -2.34. The normalized spacial score (nSPS) is 12.0. The van der Waals surface area contributed by atoms with Crippen molar-refractivity contribution in [2.24, 2.45) is 0 Å². The third kappa shape index (κ3) is 4.25. The molecule has 2 aromatic heterocycles. The molecular weight excluding hydrogens is 370 g/mol. The molecule has 0 aliphatic heterocycles. The van der Waals surface area contributed by atoms with E-state index in [4.69, 9.17) is 0 Å². The summed E-state index contributed by atoms with van der Waals surface area (Å²) in [5, 5.41) is 9.17. The van der Waals surface area contributed by atoms with E-state index in [2.05, 4.69) is 22.1 Å². The lowest BCUT2D eigenvalue weighted by atomic mass is 10.1. The number of likely N-dealkylation sites (N-methyl/N-ethyl adjacent to an activating group) is 1. The Labute approximate surface area is 170 Å². The van der Waals surface area contributed by atoms with Crippen molar-refractivity contribution in [3.05, 3.63) is 60.4 Å². The molecule has 0 bridgehead atoms. The summed E-state index contributed by atoms with van der Waals surface area (Å²) < 4.78 is 2.05. The Bertz CT molecular complexity index is 894. The van der Waals surface area contributed by atoms with Crippen LogP contribution in [0.3, 0.4) is 0 Å². The minimum atomic E-state index is -0.360. The summed E-state index contributed by atoms with van der Waals surface area (Å²) in [7, 11) is 0. The fourth-order valence-electron chi connectivity index (χ4n) is 3.07. The monoisotopic (exact) mass is 395 g/mol. The third-order valence-electron chi connectivity index (χ3n) is 4.60. The number of carbonyl (C=O) groups excluding carboxylic acids is 1. The predicted molar refractivity (Wildman–Crippen MR) is 112 cm³/mol. The van der Waals surface area contributed by atoms with E-state index in [1.165, 1.54) is 11.8 Å². The number of pyridine rings is 1. The number of rotatable bonds is 8. The van der Waals surface area contributed by atoms with Crippen molar-refractivity contribution >= 4 is 17.7 Å². The van der Waals surface area contributed by atoms with Crippen molar-refractivity contribution in [3.8, 4) is 11.4 Å². The SMILES string of the molecule is CCN(CC)C(=O)C(Sc1nnc(-c2ccncc2)n1CC)c1ccccc1. The van der Waals surface area contributed by atoms with Crippen molar-refractivity contribution in [2.75, 3.05) is 13.1 Å². The van der Waals surface area contributed by atoms with Crippen LogP contribution in [0.5, 0.6) is 0 Å². The van der Waals surface area contributed by atoms with Gasteiger partial charge in [-0.25, -0.2) is 0 Å². The first-order valence-electron chi connectivity index (χ1n) is 9.53. The lowest BCUT2D eigenvalue weighted by Gasteiger charge is -2.25. The van der Waals surface area contributed by atoms with E-state index in [1.807, 2.05) is 65.8 Å². The first-order valence-corrected chi connectivity index (χ1v) is 10.4. The first-order chi connectivity index (χ1) is 13.7. The topological polar surface area (TPSA) is 63.9 Å². The van der Waals surface area contributed by atoms with Crippen molar-refractivity contribution in [2.45, 2.75) is 37.7 Å². The Morgan fingerprint density at radius 2 is 1.71 bits per heavy atom. The molecule has 0 saturated carbocycles. The van der Waals surface area contributed by atoms with Crippen LogP contribution >= 0.6 is 11.8 Å². The van der Waals surface area contributed by atoms with Crippen LogP contribution in [0.25, 0.3) is 11.4 Å². The number of carbonyl (C=O) groups is 1. The van der Waals surface area contributed by atoms with Crippen LogP contribution in [0.15, 0.2) is 60.0 Å². The number of thioether (sulfide) groups is 1. The first kappa shape index (κ1) is 20.1. The standard InChI is InChI=1S/C21H25N5OS/c1-4-25(5-2)20(27)18(16-10-8-7-9-11-16)28-21-24-23-19(26(21)6-3)17-12-14-22-15-13-17/h7-15,18H,4-6H2,1-3H3. The molecule has 0 radical (unpaired) electrons. The number of hydrogen-bond acceptors (Lipinski definition) is 5. The molecule has 0 fully saturated rings. The number of aromatic nitrogens is 4. The summed E-state index contributed by atoms with van der Waals surface area (Å²) in [5.74, 6) is 0.881. The molecule has 0 saturated heterocycles. The highest BCUT2D eigenvalue weighted by Gasteiger charge is 2.28. The molecule has 6 nitrogen and oxygen atoms in total. The summed E-state index contributed by atoms with van der Waals surface area (Å²) in [6, 6.07) is 13.7. The molecule has 0 spiro atoms. The molecule has 3 rings (SSSR count). The molecule has 0 aliphatic rings. The largest absolute Gasteiger partial charge is 0.342 e. The van der Waals surface area contributed by atoms with E-state index in [0.29, 0.717) is 19.6 Å². The zero-order valence-electron chi connectivity index (χ0n) is 16.4. The van der Waals surface area contributed by atoms with Crippen LogP contribution in [0.2, 0.25) is 0 Å². The second-order valence-corrected chi connectivity index (χ2v) is 7.28. The molecule has 146 valence electrons. The summed E-state index contributed by atoms with van der Waals surface area (Å²) in [5.41, 5.74) is 1.93. The van der Waals surface area contributed by atoms with Crippen molar-refractivity contribution in [3.63, 3.8) is 0 Å². The zero-order chi connectivity index (χ0) is 19.9. The van der Waals surface area contributed by atoms with Crippen LogP contribution < -0.4 is 0 Å². The van der Waals surface area contributed by atoms with Gasteiger partial charge >= 0.3 is 0 Å². The molecule has 2 heterocycles. The number of nitrogens with zero attached hydrogens (tertiary/aromatic N) is 5. The van der Waals surface area contributed by atoms with Gasteiger partial charge in [0, 0.05) is 37.6 Å². The molecule has 1 atom stereocenters. The molecule has 3 aromatic rings. The summed E-state index contributed by atoms with van der Waals surface area (Å²) in [6.07, 6.45) is 3.49. The van der Waals surface area contributed by atoms with Gasteiger partial charge in [-0.3, -0.25) is 9.78 Å². The molecule has 0 N–H and O–H groups in total. The Hall–Kier alpha value is -2.67. The lowest BCUT2D eigenvalue weighted by molar-refractivity contribution is -0.130. The van der Waals surface area contributed by atoms with Crippen molar-refractivity contribution in [1.29, 1.82) is 0 Å². The third-order valence-corrected chi connectivity index (χ3v) is 5.82. The van der Waals surface area contributed by atoms with Gasteiger partial charge in [0.2, 0.25) is 5.91 Å². The average molecular weight is 396 g/mol. The van der Waals surface area contributed by atoms with E-state index in [1.54, 1.807) is 12.4 Å². The molecule has 28 heavy (non-hydrogen) atoms. The van der Waals surface area contributed by atoms with Crippen LogP contribution in [-0.4, -0.2) is 43.6 Å². The Morgan fingerprint density at radius 1 is 1.04 bits per heavy atom. The van der Waals surface area contributed by atoms with Crippen LogP contribution in [0.1, 0.15) is 31.6 Å². The average Bonchev–Trinajstić information content (AvgIpc) is 3.16. The number of amides is 1. The van der Waals surface area contributed by atoms with Crippen LogP contribution in [0, 0.1) is 0 Å². The second-order valence-electron chi connectivity index (χ2n) is 6.21. The fourth-order valence-corrected chi connectivity index (χ4v) is 4.26. The van der Waals surface area contributed by atoms with Crippen molar-refractivity contribution < 1.29 is 4.79 Å². The molecule has 7 heteroatoms. The summed E-state index contributed by atoms with van der Waals surface area (Å²) >= 11 is 1.46. The van der Waals surface area contributed by atoms with Gasteiger partial charge in [0.05, 0.1) is 0 Å². The zero-order valence-corrected chi connectivity index (χ0v) is 17.3. The highest BCUT2D eigenvalue weighted by molar-refractivity contribution is 8.00.